The van der Waals surface area contributed by atoms with Gasteiger partial charge >= 0.3 is 0 Å². The predicted molar refractivity (Wildman–Crippen MR) is 78.1 cm³/mol. The van der Waals surface area contributed by atoms with Gasteiger partial charge in [-0.2, -0.15) is 0 Å². The quantitative estimate of drug-likeness (QED) is 0.930. The highest BCUT2D eigenvalue weighted by molar-refractivity contribution is 5.70. The Morgan fingerprint density at radius 3 is 2.65 bits per heavy atom. The van der Waals surface area contributed by atoms with E-state index in [9.17, 15) is 0 Å². The van der Waals surface area contributed by atoms with Crippen LogP contribution >= 0.6 is 0 Å². The van der Waals surface area contributed by atoms with E-state index in [2.05, 4.69) is 17.0 Å². The molecule has 2 aromatic rings. The molecule has 2 heterocycles. The monoisotopic (exact) mass is 273 g/mol. The zero-order valence-electron chi connectivity index (χ0n) is 11.6. The highest BCUT2D eigenvalue weighted by Gasteiger charge is 2.16. The van der Waals surface area contributed by atoms with Crippen LogP contribution in [0.15, 0.2) is 34.7 Å². The van der Waals surface area contributed by atoms with Gasteiger partial charge in [0.2, 0.25) is 0 Å². The molecule has 1 fully saturated rings. The molecule has 0 unspecified atom stereocenters. The Morgan fingerprint density at radius 1 is 1.20 bits per heavy atom. The third-order valence-electron chi connectivity index (χ3n) is 3.74. The maximum atomic E-state index is 9.08. The van der Waals surface area contributed by atoms with Gasteiger partial charge in [0.05, 0.1) is 12.7 Å². The average molecular weight is 273 g/mol. The van der Waals surface area contributed by atoms with E-state index in [0.29, 0.717) is 5.76 Å². The standard InChI is InChI=1S/C16H19NO3/c1-19-16-10-12(17-8-2-3-9-17)4-6-14(16)15-7-5-13(11-18)20-15/h4-7,10,18H,2-3,8-9,11H2,1H3. The molecule has 1 aliphatic heterocycles. The molecule has 1 aliphatic rings. The first-order valence-corrected chi connectivity index (χ1v) is 6.95. The second-order valence-corrected chi connectivity index (χ2v) is 5.00. The molecular formula is C16H19NO3. The fraction of sp³-hybridized carbons (Fsp3) is 0.375. The minimum atomic E-state index is -0.0891. The second kappa shape index (κ2) is 5.59. The van der Waals surface area contributed by atoms with Crippen molar-refractivity contribution in [2.45, 2.75) is 19.4 Å². The van der Waals surface area contributed by atoms with Gasteiger partial charge in [0.25, 0.3) is 0 Å². The Hall–Kier alpha value is -1.94. The highest BCUT2D eigenvalue weighted by atomic mass is 16.5. The zero-order chi connectivity index (χ0) is 13.9. The van der Waals surface area contributed by atoms with Gasteiger partial charge in [0, 0.05) is 24.8 Å². The van der Waals surface area contributed by atoms with Crippen LogP contribution in [0.3, 0.4) is 0 Å². The largest absolute Gasteiger partial charge is 0.496 e. The summed E-state index contributed by atoms with van der Waals surface area (Å²) in [5.74, 6) is 2.08. The van der Waals surface area contributed by atoms with E-state index >= 15 is 0 Å². The molecule has 1 saturated heterocycles. The van der Waals surface area contributed by atoms with Crippen LogP contribution in [0.5, 0.6) is 5.75 Å². The van der Waals surface area contributed by atoms with E-state index in [1.807, 2.05) is 12.1 Å². The maximum Gasteiger partial charge on any atom is 0.138 e. The zero-order valence-corrected chi connectivity index (χ0v) is 11.6. The first-order valence-electron chi connectivity index (χ1n) is 6.95. The van der Waals surface area contributed by atoms with Crippen molar-refractivity contribution in [3.63, 3.8) is 0 Å². The van der Waals surface area contributed by atoms with E-state index < -0.39 is 0 Å². The molecule has 20 heavy (non-hydrogen) atoms. The van der Waals surface area contributed by atoms with Crippen LogP contribution < -0.4 is 9.64 Å². The van der Waals surface area contributed by atoms with Crippen molar-refractivity contribution < 1.29 is 14.3 Å². The third-order valence-corrected chi connectivity index (χ3v) is 3.74. The molecule has 0 atom stereocenters. The van der Waals surface area contributed by atoms with Gasteiger partial charge in [-0.3, -0.25) is 0 Å². The molecule has 0 spiro atoms. The van der Waals surface area contributed by atoms with Gasteiger partial charge in [0.15, 0.2) is 0 Å². The summed E-state index contributed by atoms with van der Waals surface area (Å²) < 4.78 is 11.1. The molecule has 106 valence electrons. The molecule has 4 nitrogen and oxygen atoms in total. The molecule has 0 radical (unpaired) electrons. The summed E-state index contributed by atoms with van der Waals surface area (Å²) in [5, 5.41) is 9.08. The Kier molecular flexibility index (Phi) is 3.65. The summed E-state index contributed by atoms with van der Waals surface area (Å²) in [5.41, 5.74) is 2.10. The van der Waals surface area contributed by atoms with Gasteiger partial charge in [-0.25, -0.2) is 0 Å². The van der Waals surface area contributed by atoms with Gasteiger partial charge in [-0.05, 0) is 37.1 Å². The molecule has 4 heteroatoms. The van der Waals surface area contributed by atoms with Gasteiger partial charge in [-0.15, -0.1) is 0 Å². The number of rotatable bonds is 4. The molecule has 0 bridgehead atoms. The number of aliphatic hydroxyl groups excluding tert-OH is 1. The number of aliphatic hydroxyl groups is 1. The number of ether oxygens (including phenoxy) is 1. The molecule has 1 N–H and O–H groups in total. The highest BCUT2D eigenvalue weighted by Crippen LogP contribution is 2.35. The molecule has 1 aromatic heterocycles. The Balaban J connectivity index is 1.94. The second-order valence-electron chi connectivity index (χ2n) is 5.00. The summed E-state index contributed by atoms with van der Waals surface area (Å²) in [6, 6.07) is 9.82. The number of hydrogen-bond acceptors (Lipinski definition) is 4. The van der Waals surface area contributed by atoms with Crippen LogP contribution in [0.1, 0.15) is 18.6 Å². The van der Waals surface area contributed by atoms with Crippen molar-refractivity contribution in [1.82, 2.24) is 0 Å². The van der Waals surface area contributed by atoms with Crippen LogP contribution in [0.4, 0.5) is 5.69 Å². The molecule has 0 aliphatic carbocycles. The lowest BCUT2D eigenvalue weighted by Crippen LogP contribution is -2.17. The minimum absolute atomic E-state index is 0.0891. The van der Waals surface area contributed by atoms with Crippen molar-refractivity contribution >= 4 is 5.69 Å². The van der Waals surface area contributed by atoms with Crippen LogP contribution in [0.25, 0.3) is 11.3 Å². The van der Waals surface area contributed by atoms with Crippen LogP contribution in [0.2, 0.25) is 0 Å². The number of anilines is 1. The summed E-state index contributed by atoms with van der Waals surface area (Å²) in [6.07, 6.45) is 2.50. The van der Waals surface area contributed by atoms with E-state index in [1.165, 1.54) is 18.5 Å². The minimum Gasteiger partial charge on any atom is -0.496 e. The van der Waals surface area contributed by atoms with Gasteiger partial charge in [0.1, 0.15) is 23.9 Å². The van der Waals surface area contributed by atoms with Crippen LogP contribution in [0, 0.1) is 0 Å². The Bertz CT molecular complexity index is 585. The SMILES string of the molecule is COc1cc(N2CCCC2)ccc1-c1ccc(CO)o1. The van der Waals surface area contributed by atoms with Crippen LogP contribution in [-0.2, 0) is 6.61 Å². The number of benzene rings is 1. The van der Waals surface area contributed by atoms with Gasteiger partial charge in [-0.1, -0.05) is 0 Å². The van der Waals surface area contributed by atoms with Gasteiger partial charge < -0.3 is 19.2 Å². The first kappa shape index (κ1) is 13.1. The smallest absolute Gasteiger partial charge is 0.138 e. The lowest BCUT2D eigenvalue weighted by molar-refractivity contribution is 0.248. The van der Waals surface area contributed by atoms with Crippen LogP contribution in [-0.4, -0.2) is 25.3 Å². The van der Waals surface area contributed by atoms with E-state index in [4.69, 9.17) is 14.3 Å². The summed E-state index contributed by atoms with van der Waals surface area (Å²) >= 11 is 0. The lowest BCUT2D eigenvalue weighted by Gasteiger charge is -2.19. The van der Waals surface area contributed by atoms with Crippen molar-refractivity contribution in [1.29, 1.82) is 0 Å². The third kappa shape index (κ3) is 2.39. The predicted octanol–water partition coefficient (Wildman–Crippen LogP) is 3.05. The molecule has 0 saturated carbocycles. The maximum absolute atomic E-state index is 9.08. The summed E-state index contributed by atoms with van der Waals surface area (Å²) in [6.45, 7) is 2.13. The van der Waals surface area contributed by atoms with Crippen molar-refractivity contribution in [3.8, 4) is 17.1 Å². The number of hydrogen-bond donors (Lipinski definition) is 1. The lowest BCUT2D eigenvalue weighted by atomic mass is 10.1. The number of furan rings is 1. The van der Waals surface area contributed by atoms with E-state index in [1.54, 1.807) is 13.2 Å². The number of methoxy groups -OCH3 is 1. The molecular weight excluding hydrogens is 254 g/mol. The average Bonchev–Trinajstić information content (AvgIpc) is 3.17. The topological polar surface area (TPSA) is 45.8 Å². The summed E-state index contributed by atoms with van der Waals surface area (Å²) in [4.78, 5) is 2.37. The van der Waals surface area contributed by atoms with Crippen molar-refractivity contribution in [2.75, 3.05) is 25.1 Å². The normalized spacial score (nSPS) is 14.8. The van der Waals surface area contributed by atoms with E-state index in [-0.39, 0.29) is 6.61 Å². The molecule has 1 aromatic carbocycles. The van der Waals surface area contributed by atoms with E-state index in [0.717, 1.165) is 30.2 Å². The fourth-order valence-corrected chi connectivity index (χ4v) is 2.66. The first-order chi connectivity index (χ1) is 9.81. The Morgan fingerprint density at radius 2 is 2.00 bits per heavy atom. The Labute approximate surface area is 118 Å². The molecule has 0 amide bonds. The fourth-order valence-electron chi connectivity index (χ4n) is 2.66. The van der Waals surface area contributed by atoms with Crippen molar-refractivity contribution in [2.24, 2.45) is 0 Å². The summed E-state index contributed by atoms with van der Waals surface area (Å²) in [7, 11) is 1.67. The number of nitrogens with zero attached hydrogens (tertiary/aromatic N) is 1. The molecule has 3 rings (SSSR count). The van der Waals surface area contributed by atoms with Crippen molar-refractivity contribution in [3.05, 3.63) is 36.1 Å².